The van der Waals surface area contributed by atoms with Crippen molar-refractivity contribution in [3.8, 4) is 11.5 Å². The summed E-state index contributed by atoms with van der Waals surface area (Å²) in [6.07, 6.45) is 3.36. The minimum atomic E-state index is 0.606. The van der Waals surface area contributed by atoms with Crippen LogP contribution in [0.25, 0.3) is 0 Å². The Hall–Kier alpha value is -0.970. The van der Waals surface area contributed by atoms with E-state index in [-0.39, 0.29) is 0 Å². The quantitative estimate of drug-likeness (QED) is 0.672. The average Bonchev–Trinajstić information content (AvgIpc) is 3.30. The Balaban J connectivity index is 1.99. The van der Waals surface area contributed by atoms with E-state index < -0.39 is 0 Å². The zero-order chi connectivity index (χ0) is 15.1. The molecule has 0 saturated heterocycles. The zero-order valence-corrected chi connectivity index (χ0v) is 13.5. The van der Waals surface area contributed by atoms with Crippen molar-refractivity contribution < 1.29 is 14.2 Å². The van der Waals surface area contributed by atoms with Crippen LogP contribution in [0.5, 0.6) is 11.5 Å². The van der Waals surface area contributed by atoms with Gasteiger partial charge in [0.05, 0.1) is 13.7 Å². The fourth-order valence-corrected chi connectivity index (χ4v) is 2.32. The SMILES string of the molecule is CCOCCCOc1c(CNC2CC2)cc(Cl)cc1OC. The van der Waals surface area contributed by atoms with E-state index in [1.165, 1.54) is 12.8 Å². The molecular weight excluding hydrogens is 290 g/mol. The van der Waals surface area contributed by atoms with Gasteiger partial charge in [-0.25, -0.2) is 0 Å². The first kappa shape index (κ1) is 16.4. The monoisotopic (exact) mass is 313 g/mol. The van der Waals surface area contributed by atoms with Crippen molar-refractivity contribution in [2.24, 2.45) is 0 Å². The van der Waals surface area contributed by atoms with Crippen LogP contribution >= 0.6 is 11.6 Å². The maximum absolute atomic E-state index is 6.15. The lowest BCUT2D eigenvalue weighted by molar-refractivity contribution is 0.130. The first-order chi connectivity index (χ1) is 10.2. The van der Waals surface area contributed by atoms with Gasteiger partial charge >= 0.3 is 0 Å². The van der Waals surface area contributed by atoms with Gasteiger partial charge in [-0.15, -0.1) is 0 Å². The molecule has 21 heavy (non-hydrogen) atoms. The third-order valence-electron chi connectivity index (χ3n) is 3.36. The average molecular weight is 314 g/mol. The van der Waals surface area contributed by atoms with Crippen molar-refractivity contribution in [2.45, 2.75) is 38.8 Å². The van der Waals surface area contributed by atoms with Crippen molar-refractivity contribution in [1.29, 1.82) is 0 Å². The topological polar surface area (TPSA) is 39.7 Å². The maximum atomic E-state index is 6.15. The van der Waals surface area contributed by atoms with E-state index in [0.717, 1.165) is 30.9 Å². The Morgan fingerprint density at radius 2 is 2.10 bits per heavy atom. The first-order valence-corrected chi connectivity index (χ1v) is 7.92. The summed E-state index contributed by atoms with van der Waals surface area (Å²) >= 11 is 6.15. The molecule has 1 saturated carbocycles. The van der Waals surface area contributed by atoms with Crippen LogP contribution in [0.15, 0.2) is 12.1 Å². The zero-order valence-electron chi connectivity index (χ0n) is 12.8. The molecule has 0 atom stereocenters. The third kappa shape index (κ3) is 5.38. The second kappa shape index (κ2) is 8.47. The predicted molar refractivity (Wildman–Crippen MR) is 84.5 cm³/mol. The summed E-state index contributed by atoms with van der Waals surface area (Å²) in [5, 5.41) is 4.15. The Labute approximate surface area is 131 Å². The van der Waals surface area contributed by atoms with Gasteiger partial charge in [0.2, 0.25) is 0 Å². The summed E-state index contributed by atoms with van der Waals surface area (Å²) in [6, 6.07) is 4.37. The number of ether oxygens (including phenoxy) is 3. The van der Waals surface area contributed by atoms with Crippen molar-refractivity contribution in [3.05, 3.63) is 22.7 Å². The molecule has 1 aromatic rings. The van der Waals surface area contributed by atoms with Gasteiger partial charge in [-0.2, -0.15) is 0 Å². The summed E-state index contributed by atoms with van der Waals surface area (Å²) < 4.78 is 16.6. The fourth-order valence-electron chi connectivity index (χ4n) is 2.09. The molecule has 0 aliphatic heterocycles. The minimum absolute atomic E-state index is 0.606. The van der Waals surface area contributed by atoms with Crippen molar-refractivity contribution in [1.82, 2.24) is 5.32 Å². The van der Waals surface area contributed by atoms with E-state index >= 15 is 0 Å². The molecular formula is C16H24ClNO3. The van der Waals surface area contributed by atoms with Gasteiger partial charge in [0.1, 0.15) is 0 Å². The molecule has 0 unspecified atom stereocenters. The predicted octanol–water partition coefficient (Wildman–Crippen LogP) is 3.41. The molecule has 0 aromatic heterocycles. The molecule has 0 bridgehead atoms. The van der Waals surface area contributed by atoms with Gasteiger partial charge < -0.3 is 19.5 Å². The van der Waals surface area contributed by atoms with Crippen molar-refractivity contribution >= 4 is 11.6 Å². The molecule has 0 spiro atoms. The van der Waals surface area contributed by atoms with Crippen molar-refractivity contribution in [3.63, 3.8) is 0 Å². The minimum Gasteiger partial charge on any atom is -0.493 e. The fraction of sp³-hybridized carbons (Fsp3) is 0.625. The smallest absolute Gasteiger partial charge is 0.165 e. The Morgan fingerprint density at radius 3 is 2.76 bits per heavy atom. The van der Waals surface area contributed by atoms with E-state index in [1.807, 2.05) is 13.0 Å². The van der Waals surface area contributed by atoms with Crippen molar-refractivity contribution in [2.75, 3.05) is 26.9 Å². The highest BCUT2D eigenvalue weighted by Gasteiger charge is 2.21. The molecule has 0 heterocycles. The highest BCUT2D eigenvalue weighted by Crippen LogP contribution is 2.35. The highest BCUT2D eigenvalue weighted by atomic mass is 35.5. The number of benzene rings is 1. The van der Waals surface area contributed by atoms with Gasteiger partial charge in [0.15, 0.2) is 11.5 Å². The Kier molecular flexibility index (Phi) is 6.61. The van der Waals surface area contributed by atoms with Crippen LogP contribution in [0.2, 0.25) is 5.02 Å². The lowest BCUT2D eigenvalue weighted by Gasteiger charge is -2.16. The Bertz CT molecular complexity index is 449. The first-order valence-electron chi connectivity index (χ1n) is 7.55. The number of hydrogen-bond donors (Lipinski definition) is 1. The van der Waals surface area contributed by atoms with Gasteiger partial charge in [0.25, 0.3) is 0 Å². The van der Waals surface area contributed by atoms with Crippen LogP contribution in [-0.4, -0.2) is 33.0 Å². The molecule has 0 amide bonds. The summed E-state index contributed by atoms with van der Waals surface area (Å²) in [5.74, 6) is 1.47. The summed E-state index contributed by atoms with van der Waals surface area (Å²) in [7, 11) is 1.64. The maximum Gasteiger partial charge on any atom is 0.165 e. The van der Waals surface area contributed by atoms with E-state index in [1.54, 1.807) is 13.2 Å². The molecule has 4 nitrogen and oxygen atoms in total. The number of rotatable bonds is 10. The van der Waals surface area contributed by atoms with Crippen LogP contribution in [-0.2, 0) is 11.3 Å². The normalized spacial score (nSPS) is 14.2. The van der Waals surface area contributed by atoms with Gasteiger partial charge in [-0.1, -0.05) is 11.6 Å². The van der Waals surface area contributed by atoms with Crippen LogP contribution in [0.4, 0.5) is 0 Å². The molecule has 1 aliphatic carbocycles. The molecule has 1 N–H and O–H groups in total. The number of halogens is 1. The molecule has 1 aliphatic rings. The number of hydrogen-bond acceptors (Lipinski definition) is 4. The Morgan fingerprint density at radius 1 is 1.29 bits per heavy atom. The summed E-state index contributed by atoms with van der Waals surface area (Å²) in [4.78, 5) is 0. The van der Waals surface area contributed by atoms with E-state index in [0.29, 0.717) is 30.0 Å². The van der Waals surface area contributed by atoms with Gasteiger partial charge in [-0.05, 0) is 25.8 Å². The summed E-state index contributed by atoms with van der Waals surface area (Å²) in [6.45, 7) is 4.80. The second-order valence-electron chi connectivity index (χ2n) is 5.15. The molecule has 5 heteroatoms. The molecule has 1 fully saturated rings. The number of methoxy groups -OCH3 is 1. The van der Waals surface area contributed by atoms with Crippen LogP contribution in [0.3, 0.4) is 0 Å². The largest absolute Gasteiger partial charge is 0.493 e. The lowest BCUT2D eigenvalue weighted by Crippen LogP contribution is -2.16. The second-order valence-corrected chi connectivity index (χ2v) is 5.59. The summed E-state index contributed by atoms with van der Waals surface area (Å²) in [5.41, 5.74) is 1.04. The van der Waals surface area contributed by atoms with E-state index in [4.69, 9.17) is 25.8 Å². The molecule has 0 radical (unpaired) electrons. The molecule has 2 rings (SSSR count). The lowest BCUT2D eigenvalue weighted by atomic mass is 10.1. The van der Waals surface area contributed by atoms with Crippen LogP contribution in [0.1, 0.15) is 31.7 Å². The van der Waals surface area contributed by atoms with E-state index in [9.17, 15) is 0 Å². The molecule has 1 aromatic carbocycles. The van der Waals surface area contributed by atoms with Gasteiger partial charge in [-0.3, -0.25) is 0 Å². The third-order valence-corrected chi connectivity index (χ3v) is 3.58. The van der Waals surface area contributed by atoms with Gasteiger partial charge in [0, 0.05) is 48.9 Å². The van der Waals surface area contributed by atoms with E-state index in [2.05, 4.69) is 5.32 Å². The number of nitrogens with one attached hydrogen (secondary N) is 1. The molecule has 118 valence electrons. The van der Waals surface area contributed by atoms with Crippen LogP contribution in [0, 0.1) is 0 Å². The standard InChI is InChI=1S/C16H24ClNO3/c1-3-20-7-4-8-21-16-12(11-18-14-5-6-14)9-13(17)10-15(16)19-2/h9-10,14,18H,3-8,11H2,1-2H3. The van der Waals surface area contributed by atoms with Crippen LogP contribution < -0.4 is 14.8 Å². The highest BCUT2D eigenvalue weighted by molar-refractivity contribution is 6.30.